The number of anilines is 1. The quantitative estimate of drug-likeness (QED) is 0.496. The van der Waals surface area contributed by atoms with E-state index in [2.05, 4.69) is 0 Å². The zero-order chi connectivity index (χ0) is 13.9. The minimum absolute atomic E-state index is 0.110. The van der Waals surface area contributed by atoms with Crippen LogP contribution in [0, 0.1) is 13.7 Å². The van der Waals surface area contributed by atoms with Crippen molar-refractivity contribution < 1.29 is 10.0 Å². The first-order valence-corrected chi connectivity index (χ1v) is 6.73. The zero-order valence-electron chi connectivity index (χ0n) is 10.7. The molecule has 0 aliphatic rings. The first-order chi connectivity index (χ1) is 8.24. The Bertz CT molecular complexity index is 443. The summed E-state index contributed by atoms with van der Waals surface area (Å²) >= 11 is 1.96. The number of hydrogen-bond acceptors (Lipinski definition) is 4. The molecule has 0 saturated heterocycles. The van der Waals surface area contributed by atoms with Crippen LogP contribution in [0.3, 0.4) is 0 Å². The summed E-state index contributed by atoms with van der Waals surface area (Å²) in [6, 6.07) is 4.99. The van der Waals surface area contributed by atoms with Gasteiger partial charge in [0.15, 0.2) is 0 Å². The zero-order valence-corrected chi connectivity index (χ0v) is 12.8. The maximum absolute atomic E-state index is 10.7. The molecule has 1 N–H and O–H groups in total. The maximum Gasteiger partial charge on any atom is 0.282 e. The molecular weight excluding hydrogens is 347 g/mol. The Labute approximate surface area is 120 Å². The molecule has 18 heavy (non-hydrogen) atoms. The second kappa shape index (κ2) is 5.83. The van der Waals surface area contributed by atoms with Gasteiger partial charge in [0.2, 0.25) is 0 Å². The Balaban J connectivity index is 3.01. The van der Waals surface area contributed by atoms with E-state index in [1.165, 1.54) is 6.07 Å². The van der Waals surface area contributed by atoms with Crippen LogP contribution in [0.25, 0.3) is 0 Å². The van der Waals surface area contributed by atoms with Crippen LogP contribution in [0.15, 0.2) is 18.2 Å². The van der Waals surface area contributed by atoms with Gasteiger partial charge in [-0.2, -0.15) is 0 Å². The normalized spacial score (nSPS) is 11.4. The van der Waals surface area contributed by atoms with Gasteiger partial charge >= 0.3 is 0 Å². The smallest absolute Gasteiger partial charge is 0.282 e. The number of aliphatic hydroxyl groups is 1. The van der Waals surface area contributed by atoms with Gasteiger partial charge in [0.25, 0.3) is 5.69 Å². The lowest BCUT2D eigenvalue weighted by molar-refractivity contribution is -0.385. The molecule has 1 aromatic rings. The summed E-state index contributed by atoms with van der Waals surface area (Å²) in [7, 11) is 0. The van der Waals surface area contributed by atoms with Gasteiger partial charge < -0.3 is 10.0 Å². The average molecular weight is 364 g/mol. The van der Waals surface area contributed by atoms with Crippen LogP contribution in [-0.4, -0.2) is 28.7 Å². The summed E-state index contributed by atoms with van der Waals surface area (Å²) < 4.78 is 0.601. The average Bonchev–Trinajstić information content (AvgIpc) is 2.24. The molecule has 0 spiro atoms. The molecule has 0 amide bonds. The van der Waals surface area contributed by atoms with E-state index in [0.29, 0.717) is 10.1 Å². The highest BCUT2D eigenvalue weighted by atomic mass is 127. The second-order valence-corrected chi connectivity index (χ2v) is 5.88. The van der Waals surface area contributed by atoms with Gasteiger partial charge in [-0.1, -0.05) is 0 Å². The van der Waals surface area contributed by atoms with Gasteiger partial charge in [-0.15, -0.1) is 0 Å². The molecule has 1 aromatic carbocycles. The Morgan fingerprint density at radius 3 is 2.50 bits per heavy atom. The molecule has 100 valence electrons. The molecule has 1 rings (SSSR count). The van der Waals surface area contributed by atoms with Crippen LogP contribution in [0.5, 0.6) is 0 Å². The van der Waals surface area contributed by atoms with E-state index >= 15 is 0 Å². The fourth-order valence-electron chi connectivity index (χ4n) is 1.69. The van der Waals surface area contributed by atoms with Crippen molar-refractivity contribution in [3.63, 3.8) is 0 Å². The molecular formula is C12H17IN2O3. The SMILES string of the molecule is CCN(CC(C)(C)O)c1ccc([N+](=O)[O-])c(I)c1. The summed E-state index contributed by atoms with van der Waals surface area (Å²) in [5.41, 5.74) is 0.191. The highest BCUT2D eigenvalue weighted by Crippen LogP contribution is 2.27. The van der Waals surface area contributed by atoms with Crippen molar-refractivity contribution in [2.45, 2.75) is 26.4 Å². The fraction of sp³-hybridized carbons (Fsp3) is 0.500. The van der Waals surface area contributed by atoms with Crippen LogP contribution in [0.1, 0.15) is 20.8 Å². The number of hydrogen-bond donors (Lipinski definition) is 1. The molecule has 0 unspecified atom stereocenters. The van der Waals surface area contributed by atoms with Gasteiger partial charge in [0.1, 0.15) is 0 Å². The van der Waals surface area contributed by atoms with Crippen molar-refractivity contribution in [3.8, 4) is 0 Å². The molecule has 6 heteroatoms. The maximum atomic E-state index is 10.7. The van der Waals surface area contributed by atoms with Gasteiger partial charge in [-0.25, -0.2) is 0 Å². The number of halogens is 1. The standard InChI is InChI=1S/C12H17IN2O3/c1-4-14(8-12(2,3)16)9-5-6-11(15(17)18)10(13)7-9/h5-7,16H,4,8H2,1-3H3. The topological polar surface area (TPSA) is 66.6 Å². The lowest BCUT2D eigenvalue weighted by atomic mass is 10.1. The molecule has 0 bridgehead atoms. The Morgan fingerprint density at radius 2 is 2.11 bits per heavy atom. The summed E-state index contributed by atoms with van der Waals surface area (Å²) in [6.07, 6.45) is 0. The molecule has 0 aliphatic carbocycles. The number of rotatable bonds is 5. The largest absolute Gasteiger partial charge is 0.389 e. The van der Waals surface area contributed by atoms with Crippen LogP contribution in [0.4, 0.5) is 11.4 Å². The molecule has 0 saturated carbocycles. The molecule has 0 aromatic heterocycles. The first kappa shape index (κ1) is 15.2. The predicted molar refractivity (Wildman–Crippen MR) is 80.0 cm³/mol. The Hall–Kier alpha value is -0.890. The highest BCUT2D eigenvalue weighted by Gasteiger charge is 2.19. The van der Waals surface area contributed by atoms with E-state index in [1.54, 1.807) is 26.0 Å². The highest BCUT2D eigenvalue weighted by molar-refractivity contribution is 14.1. The monoisotopic (exact) mass is 364 g/mol. The van der Waals surface area contributed by atoms with E-state index in [0.717, 1.165) is 12.2 Å². The summed E-state index contributed by atoms with van der Waals surface area (Å²) in [5, 5.41) is 20.6. The minimum atomic E-state index is -0.802. The Morgan fingerprint density at radius 1 is 1.50 bits per heavy atom. The van der Waals surface area contributed by atoms with Crippen LogP contribution >= 0.6 is 22.6 Å². The van der Waals surface area contributed by atoms with Crippen LogP contribution < -0.4 is 4.90 Å². The number of benzene rings is 1. The van der Waals surface area contributed by atoms with E-state index in [1.807, 2.05) is 34.4 Å². The van der Waals surface area contributed by atoms with Crippen molar-refractivity contribution in [1.82, 2.24) is 0 Å². The molecule has 0 atom stereocenters. The van der Waals surface area contributed by atoms with E-state index in [4.69, 9.17) is 0 Å². The van der Waals surface area contributed by atoms with Crippen molar-refractivity contribution in [2.75, 3.05) is 18.0 Å². The van der Waals surface area contributed by atoms with E-state index in [9.17, 15) is 15.2 Å². The molecule has 0 heterocycles. The number of nitrogens with zero attached hydrogens (tertiary/aromatic N) is 2. The Kier molecular flexibility index (Phi) is 4.92. The van der Waals surface area contributed by atoms with E-state index in [-0.39, 0.29) is 5.69 Å². The van der Waals surface area contributed by atoms with Crippen molar-refractivity contribution >= 4 is 34.0 Å². The summed E-state index contributed by atoms with van der Waals surface area (Å²) in [4.78, 5) is 12.3. The molecule has 5 nitrogen and oxygen atoms in total. The number of nitro benzene ring substituents is 1. The third kappa shape index (κ3) is 4.09. The molecule has 0 aliphatic heterocycles. The summed E-state index contributed by atoms with van der Waals surface area (Å²) in [5.74, 6) is 0. The number of likely N-dealkylation sites (N-methyl/N-ethyl adjacent to an activating group) is 1. The van der Waals surface area contributed by atoms with Gasteiger partial charge in [0, 0.05) is 24.8 Å². The van der Waals surface area contributed by atoms with E-state index < -0.39 is 10.5 Å². The van der Waals surface area contributed by atoms with Crippen LogP contribution in [-0.2, 0) is 0 Å². The first-order valence-electron chi connectivity index (χ1n) is 5.66. The van der Waals surface area contributed by atoms with Gasteiger partial charge in [-0.3, -0.25) is 10.1 Å². The van der Waals surface area contributed by atoms with Gasteiger partial charge in [0.05, 0.1) is 14.1 Å². The van der Waals surface area contributed by atoms with Crippen molar-refractivity contribution in [1.29, 1.82) is 0 Å². The molecule has 0 radical (unpaired) electrons. The predicted octanol–water partition coefficient (Wildman–Crippen LogP) is 2.80. The van der Waals surface area contributed by atoms with Gasteiger partial charge in [-0.05, 0) is 55.5 Å². The minimum Gasteiger partial charge on any atom is -0.389 e. The lowest BCUT2D eigenvalue weighted by Gasteiger charge is -2.30. The third-order valence-corrected chi connectivity index (χ3v) is 3.32. The third-order valence-electron chi connectivity index (χ3n) is 2.45. The fourth-order valence-corrected chi connectivity index (χ4v) is 2.39. The van der Waals surface area contributed by atoms with Crippen molar-refractivity contribution in [2.24, 2.45) is 0 Å². The lowest BCUT2D eigenvalue weighted by Crippen LogP contribution is -2.38. The van der Waals surface area contributed by atoms with Crippen LogP contribution in [0.2, 0.25) is 0 Å². The van der Waals surface area contributed by atoms with Crippen molar-refractivity contribution in [3.05, 3.63) is 31.9 Å². The summed E-state index contributed by atoms with van der Waals surface area (Å²) in [6.45, 7) is 6.69. The molecule has 0 fully saturated rings. The number of nitro groups is 1. The second-order valence-electron chi connectivity index (χ2n) is 4.72.